The fourth-order valence-corrected chi connectivity index (χ4v) is 1.96. The molecular weight excluding hydrogens is 240 g/mol. The Morgan fingerprint density at radius 2 is 1.58 bits per heavy atom. The summed E-state index contributed by atoms with van der Waals surface area (Å²) in [6.07, 6.45) is 0. The monoisotopic (exact) mass is 260 g/mol. The van der Waals surface area contributed by atoms with Crippen LogP contribution in [0.5, 0.6) is 11.5 Å². The summed E-state index contributed by atoms with van der Waals surface area (Å²) in [7, 11) is 3.22. The average molecular weight is 260 g/mol. The average Bonchev–Trinajstić information content (AvgIpc) is 2.36. The largest absolute Gasteiger partial charge is 0.493 e. The van der Waals surface area contributed by atoms with Crippen LogP contribution in [0, 0.1) is 0 Å². The molecule has 1 aromatic heterocycles. The maximum atomic E-state index is 6.13. The molecule has 0 fully saturated rings. The van der Waals surface area contributed by atoms with Crippen molar-refractivity contribution < 1.29 is 9.47 Å². The third kappa shape index (κ3) is 2.43. The molecule has 2 rings (SSSR count). The Balaban J connectivity index is 2.74. The van der Waals surface area contributed by atoms with Gasteiger partial charge in [0.2, 0.25) is 0 Å². The van der Waals surface area contributed by atoms with Crippen LogP contribution in [0.2, 0.25) is 0 Å². The van der Waals surface area contributed by atoms with Crippen molar-refractivity contribution in [2.45, 2.75) is 26.2 Å². The molecule has 0 atom stereocenters. The molecule has 0 aliphatic heterocycles. The van der Waals surface area contributed by atoms with Crippen LogP contribution < -0.4 is 15.2 Å². The van der Waals surface area contributed by atoms with E-state index in [1.54, 1.807) is 14.2 Å². The second-order valence-electron chi connectivity index (χ2n) is 5.57. The molecule has 0 bridgehead atoms. The van der Waals surface area contributed by atoms with Gasteiger partial charge in [-0.1, -0.05) is 20.8 Å². The van der Waals surface area contributed by atoms with E-state index in [1.165, 1.54) is 0 Å². The first-order valence-corrected chi connectivity index (χ1v) is 6.19. The summed E-state index contributed by atoms with van der Waals surface area (Å²) in [4.78, 5) is 4.68. The van der Waals surface area contributed by atoms with Crippen LogP contribution in [0.3, 0.4) is 0 Å². The van der Waals surface area contributed by atoms with Crippen molar-refractivity contribution >= 4 is 16.6 Å². The number of nitrogens with two attached hydrogens (primary N) is 1. The maximum absolute atomic E-state index is 6.13. The molecule has 2 aromatic rings. The second kappa shape index (κ2) is 4.61. The molecule has 0 radical (unpaired) electrons. The Morgan fingerprint density at radius 3 is 2.11 bits per heavy atom. The van der Waals surface area contributed by atoms with Gasteiger partial charge in [0.05, 0.1) is 19.7 Å². The normalized spacial score (nSPS) is 11.6. The van der Waals surface area contributed by atoms with Gasteiger partial charge in [-0.3, -0.25) is 4.98 Å². The van der Waals surface area contributed by atoms with Crippen LogP contribution in [0.4, 0.5) is 5.69 Å². The summed E-state index contributed by atoms with van der Waals surface area (Å²) in [5.74, 6) is 1.32. The van der Waals surface area contributed by atoms with Gasteiger partial charge in [0.25, 0.3) is 0 Å². The molecule has 4 nitrogen and oxygen atoms in total. The SMILES string of the molecule is COc1cc2nc(C(C)(C)C)cc(N)c2cc1OC. The van der Waals surface area contributed by atoms with Gasteiger partial charge in [0, 0.05) is 28.2 Å². The number of ether oxygens (including phenoxy) is 2. The van der Waals surface area contributed by atoms with E-state index in [0.717, 1.165) is 16.6 Å². The highest BCUT2D eigenvalue weighted by atomic mass is 16.5. The second-order valence-corrected chi connectivity index (χ2v) is 5.57. The zero-order valence-electron chi connectivity index (χ0n) is 12.1. The number of hydrogen-bond acceptors (Lipinski definition) is 4. The molecule has 0 saturated heterocycles. The molecule has 4 heteroatoms. The summed E-state index contributed by atoms with van der Waals surface area (Å²) in [5, 5.41) is 0.880. The van der Waals surface area contributed by atoms with E-state index in [2.05, 4.69) is 25.8 Å². The summed E-state index contributed by atoms with van der Waals surface area (Å²) in [5.41, 5.74) is 8.58. The molecule has 1 aromatic carbocycles. The van der Waals surface area contributed by atoms with Gasteiger partial charge in [-0.2, -0.15) is 0 Å². The van der Waals surface area contributed by atoms with E-state index < -0.39 is 0 Å². The summed E-state index contributed by atoms with van der Waals surface area (Å²) in [6, 6.07) is 5.65. The van der Waals surface area contributed by atoms with Gasteiger partial charge in [0.1, 0.15) is 0 Å². The first kappa shape index (κ1) is 13.5. The molecule has 0 saturated carbocycles. The molecule has 19 heavy (non-hydrogen) atoms. The Bertz CT molecular complexity index is 616. The Morgan fingerprint density at radius 1 is 1.00 bits per heavy atom. The van der Waals surface area contributed by atoms with Crippen LogP contribution in [-0.2, 0) is 5.41 Å². The van der Waals surface area contributed by atoms with Crippen LogP contribution in [0.25, 0.3) is 10.9 Å². The molecular formula is C15H20N2O2. The van der Waals surface area contributed by atoms with E-state index >= 15 is 0 Å². The zero-order chi connectivity index (χ0) is 14.2. The van der Waals surface area contributed by atoms with Gasteiger partial charge in [-0.05, 0) is 12.1 Å². The summed E-state index contributed by atoms with van der Waals surface area (Å²) in [6.45, 7) is 6.34. The van der Waals surface area contributed by atoms with Gasteiger partial charge < -0.3 is 15.2 Å². The fraction of sp³-hybridized carbons (Fsp3) is 0.400. The Hall–Kier alpha value is -1.97. The number of methoxy groups -OCH3 is 2. The number of anilines is 1. The first-order valence-electron chi connectivity index (χ1n) is 6.19. The van der Waals surface area contributed by atoms with Crippen LogP contribution in [0.15, 0.2) is 18.2 Å². The lowest BCUT2D eigenvalue weighted by Crippen LogP contribution is -2.14. The number of fused-ring (bicyclic) bond motifs is 1. The van der Waals surface area contributed by atoms with Crippen molar-refractivity contribution in [2.24, 2.45) is 0 Å². The Kier molecular flexibility index (Phi) is 3.27. The smallest absolute Gasteiger partial charge is 0.162 e. The molecule has 0 unspecified atom stereocenters. The number of nitrogen functional groups attached to an aromatic ring is 1. The minimum atomic E-state index is -0.0462. The third-order valence-electron chi connectivity index (χ3n) is 3.11. The van der Waals surface area contributed by atoms with Gasteiger partial charge >= 0.3 is 0 Å². The number of aromatic nitrogens is 1. The number of rotatable bonds is 2. The van der Waals surface area contributed by atoms with Crippen LogP contribution >= 0.6 is 0 Å². The highest BCUT2D eigenvalue weighted by Crippen LogP contribution is 2.35. The predicted molar refractivity (Wildman–Crippen MR) is 78.0 cm³/mol. The van der Waals surface area contributed by atoms with E-state index in [9.17, 15) is 0 Å². The van der Waals surface area contributed by atoms with Crippen molar-refractivity contribution in [2.75, 3.05) is 20.0 Å². The molecule has 0 amide bonds. The van der Waals surface area contributed by atoms with Gasteiger partial charge in [0.15, 0.2) is 11.5 Å². The summed E-state index contributed by atoms with van der Waals surface area (Å²) < 4.78 is 10.6. The quantitative estimate of drug-likeness (QED) is 0.901. The molecule has 0 aliphatic carbocycles. The molecule has 1 heterocycles. The third-order valence-corrected chi connectivity index (χ3v) is 3.11. The predicted octanol–water partition coefficient (Wildman–Crippen LogP) is 3.13. The lowest BCUT2D eigenvalue weighted by molar-refractivity contribution is 0.356. The molecule has 2 N–H and O–H groups in total. The molecule has 102 valence electrons. The topological polar surface area (TPSA) is 57.4 Å². The van der Waals surface area contributed by atoms with Crippen molar-refractivity contribution in [1.82, 2.24) is 4.98 Å². The minimum Gasteiger partial charge on any atom is -0.493 e. The standard InChI is InChI=1S/C15H20N2O2/c1-15(2,3)14-7-10(16)9-6-12(18-4)13(19-5)8-11(9)17-14/h6-8H,1-5H3,(H2,16,17). The number of nitrogens with zero attached hydrogens (tertiary/aromatic N) is 1. The van der Waals surface area contributed by atoms with E-state index in [-0.39, 0.29) is 5.41 Å². The maximum Gasteiger partial charge on any atom is 0.162 e. The van der Waals surface area contributed by atoms with Crippen molar-refractivity contribution in [3.05, 3.63) is 23.9 Å². The first-order chi connectivity index (χ1) is 8.86. The van der Waals surface area contributed by atoms with Crippen LogP contribution in [-0.4, -0.2) is 19.2 Å². The van der Waals surface area contributed by atoms with Gasteiger partial charge in [-0.25, -0.2) is 0 Å². The zero-order valence-corrected chi connectivity index (χ0v) is 12.1. The van der Waals surface area contributed by atoms with E-state index in [4.69, 9.17) is 15.2 Å². The van der Waals surface area contributed by atoms with E-state index in [1.807, 2.05) is 18.2 Å². The number of hydrogen-bond donors (Lipinski definition) is 1. The van der Waals surface area contributed by atoms with Crippen molar-refractivity contribution in [3.8, 4) is 11.5 Å². The fourth-order valence-electron chi connectivity index (χ4n) is 1.96. The van der Waals surface area contributed by atoms with Gasteiger partial charge in [-0.15, -0.1) is 0 Å². The minimum absolute atomic E-state index is 0.0462. The Labute approximate surface area is 113 Å². The van der Waals surface area contributed by atoms with E-state index in [0.29, 0.717) is 17.2 Å². The highest BCUT2D eigenvalue weighted by molar-refractivity contribution is 5.93. The lowest BCUT2D eigenvalue weighted by atomic mass is 9.91. The van der Waals surface area contributed by atoms with Crippen LogP contribution in [0.1, 0.15) is 26.5 Å². The van der Waals surface area contributed by atoms with Crippen molar-refractivity contribution in [1.29, 1.82) is 0 Å². The molecule has 0 aliphatic rings. The molecule has 0 spiro atoms. The van der Waals surface area contributed by atoms with Crippen molar-refractivity contribution in [3.63, 3.8) is 0 Å². The highest BCUT2D eigenvalue weighted by Gasteiger charge is 2.18. The lowest BCUT2D eigenvalue weighted by Gasteiger charge is -2.19. The summed E-state index contributed by atoms with van der Waals surface area (Å²) >= 11 is 0. The number of pyridine rings is 1. The number of benzene rings is 1.